The molecule has 2 heterocycles. The van der Waals surface area contributed by atoms with E-state index < -0.39 is 12.3 Å². The third-order valence-corrected chi connectivity index (χ3v) is 2.85. The predicted molar refractivity (Wildman–Crippen MR) is 59.6 cm³/mol. The first-order valence-corrected chi connectivity index (χ1v) is 5.49. The average molecular weight is 275 g/mol. The van der Waals surface area contributed by atoms with E-state index in [1.54, 1.807) is 19.2 Å². The van der Waals surface area contributed by atoms with Crippen LogP contribution in [0.3, 0.4) is 0 Å². The van der Waals surface area contributed by atoms with Crippen LogP contribution in [0.4, 0.5) is 10.2 Å². The quantitative estimate of drug-likeness (QED) is 0.895. The molecule has 0 saturated carbocycles. The average Bonchev–Trinajstić information content (AvgIpc) is 2.14. The molecule has 2 rings (SSSR count). The van der Waals surface area contributed by atoms with Gasteiger partial charge in [0, 0.05) is 29.3 Å². The van der Waals surface area contributed by atoms with Crippen molar-refractivity contribution in [2.75, 3.05) is 18.0 Å². The molecular weight excluding hydrogens is 263 g/mol. The van der Waals surface area contributed by atoms with Crippen molar-refractivity contribution >= 4 is 21.7 Å². The van der Waals surface area contributed by atoms with E-state index in [2.05, 4.69) is 20.9 Å². The summed E-state index contributed by atoms with van der Waals surface area (Å²) in [5.74, 6) is 0.632. The molecule has 0 radical (unpaired) electrons. The summed E-state index contributed by atoms with van der Waals surface area (Å²) < 4.78 is 13.5. The minimum atomic E-state index is -0.664. The van der Waals surface area contributed by atoms with Gasteiger partial charge in [-0.2, -0.15) is 0 Å². The van der Waals surface area contributed by atoms with Gasteiger partial charge in [0.25, 0.3) is 0 Å². The van der Waals surface area contributed by atoms with Gasteiger partial charge in [-0.05, 0) is 28.9 Å². The van der Waals surface area contributed by atoms with Crippen molar-refractivity contribution in [1.82, 2.24) is 4.98 Å². The number of anilines is 1. The van der Waals surface area contributed by atoms with Gasteiger partial charge in [-0.3, -0.25) is 0 Å². The summed E-state index contributed by atoms with van der Waals surface area (Å²) in [6.45, 7) is 2.24. The molecule has 0 unspecified atom stereocenters. The van der Waals surface area contributed by atoms with Gasteiger partial charge in [-0.25, -0.2) is 9.37 Å². The highest BCUT2D eigenvalue weighted by Crippen LogP contribution is 2.30. The van der Waals surface area contributed by atoms with Crippen molar-refractivity contribution in [3.8, 4) is 0 Å². The van der Waals surface area contributed by atoms with Gasteiger partial charge in [0.05, 0.1) is 5.60 Å². The van der Waals surface area contributed by atoms with Crippen LogP contribution in [0.2, 0.25) is 0 Å². The van der Waals surface area contributed by atoms with Crippen LogP contribution >= 0.6 is 15.9 Å². The van der Waals surface area contributed by atoms with E-state index >= 15 is 0 Å². The van der Waals surface area contributed by atoms with Gasteiger partial charge in [-0.15, -0.1) is 0 Å². The molecule has 0 atom stereocenters. The smallest absolute Gasteiger partial charge is 0.134 e. The Labute approximate surface area is 96.1 Å². The molecule has 15 heavy (non-hydrogen) atoms. The molecule has 1 aromatic heterocycles. The molecule has 0 spiro atoms. The zero-order chi connectivity index (χ0) is 11.1. The Kier molecular flexibility index (Phi) is 2.68. The molecule has 5 heteroatoms. The molecule has 0 aromatic carbocycles. The molecule has 0 amide bonds. The number of hydrogen-bond acceptors (Lipinski definition) is 3. The van der Waals surface area contributed by atoms with Crippen LogP contribution in [0.5, 0.6) is 0 Å². The maximum absolute atomic E-state index is 12.7. The van der Waals surface area contributed by atoms with Crippen LogP contribution in [-0.2, 0) is 6.67 Å². The summed E-state index contributed by atoms with van der Waals surface area (Å²) in [5, 5.41) is 9.59. The molecule has 3 nitrogen and oxygen atoms in total. The fraction of sp³-hybridized carbons (Fsp3) is 0.500. The minimum Gasteiger partial charge on any atom is -0.386 e. The standard InChI is InChI=1S/C10H12BrFN2O/c1-10(15)5-14(6-10)9-7(3-12)2-8(11)4-13-9/h2,4,15H,3,5-6H2,1H3. The largest absolute Gasteiger partial charge is 0.386 e. The molecule has 1 N–H and O–H groups in total. The Balaban J connectivity index is 2.22. The number of aliphatic hydroxyl groups is 1. The number of rotatable bonds is 2. The first-order valence-electron chi connectivity index (χ1n) is 4.69. The van der Waals surface area contributed by atoms with E-state index in [1.165, 1.54) is 0 Å². The minimum absolute atomic E-state index is 0.509. The lowest BCUT2D eigenvalue weighted by Crippen LogP contribution is -2.60. The topological polar surface area (TPSA) is 36.4 Å². The number of alkyl halides is 1. The van der Waals surface area contributed by atoms with Crippen molar-refractivity contribution in [3.05, 3.63) is 22.3 Å². The first-order chi connectivity index (χ1) is 7.02. The number of pyridine rings is 1. The van der Waals surface area contributed by atoms with Crippen molar-refractivity contribution in [2.45, 2.75) is 19.2 Å². The fourth-order valence-electron chi connectivity index (χ4n) is 1.78. The van der Waals surface area contributed by atoms with E-state index in [1.807, 2.05) is 4.90 Å². The molecule has 1 aromatic rings. The van der Waals surface area contributed by atoms with Crippen LogP contribution in [0, 0.1) is 0 Å². The highest BCUT2D eigenvalue weighted by atomic mass is 79.9. The highest BCUT2D eigenvalue weighted by Gasteiger charge is 2.38. The molecule has 0 aliphatic carbocycles. The van der Waals surface area contributed by atoms with Crippen molar-refractivity contribution in [1.29, 1.82) is 0 Å². The summed E-state index contributed by atoms with van der Waals surface area (Å²) in [6, 6.07) is 1.72. The Bertz CT molecular complexity index is 376. The zero-order valence-electron chi connectivity index (χ0n) is 8.37. The number of hydrogen-bond donors (Lipinski definition) is 1. The van der Waals surface area contributed by atoms with E-state index in [0.717, 1.165) is 4.47 Å². The number of nitrogens with zero attached hydrogens (tertiary/aromatic N) is 2. The SMILES string of the molecule is CC1(O)CN(c2ncc(Br)cc2CF)C1. The lowest BCUT2D eigenvalue weighted by molar-refractivity contribution is 0.0303. The Hall–Kier alpha value is -0.680. The second-order valence-electron chi connectivity index (χ2n) is 4.12. The number of β-amino-alcohol motifs (C(OH)–C–C–N with tert-alkyl or cyclic N) is 1. The summed E-state index contributed by atoms with van der Waals surface area (Å²) in [6.07, 6.45) is 1.64. The van der Waals surface area contributed by atoms with Crippen molar-refractivity contribution in [3.63, 3.8) is 0 Å². The Morgan fingerprint density at radius 2 is 2.33 bits per heavy atom. The van der Waals surface area contributed by atoms with Crippen molar-refractivity contribution in [2.24, 2.45) is 0 Å². The van der Waals surface area contributed by atoms with Gasteiger partial charge in [0.1, 0.15) is 12.5 Å². The van der Waals surface area contributed by atoms with E-state index in [-0.39, 0.29) is 0 Å². The highest BCUT2D eigenvalue weighted by molar-refractivity contribution is 9.10. The van der Waals surface area contributed by atoms with E-state index in [4.69, 9.17) is 0 Å². The number of aromatic nitrogens is 1. The normalized spacial score (nSPS) is 18.8. The second-order valence-corrected chi connectivity index (χ2v) is 5.04. The molecule has 1 aliphatic rings. The molecule has 82 valence electrons. The predicted octanol–water partition coefficient (Wildman–Crippen LogP) is 1.88. The molecular formula is C10H12BrFN2O. The third kappa shape index (κ3) is 2.13. The van der Waals surface area contributed by atoms with Gasteiger partial charge < -0.3 is 10.0 Å². The Morgan fingerprint density at radius 1 is 1.67 bits per heavy atom. The molecule has 1 fully saturated rings. The summed E-state index contributed by atoms with van der Waals surface area (Å²) in [5.41, 5.74) is -0.109. The van der Waals surface area contributed by atoms with Crippen LogP contribution in [0.15, 0.2) is 16.7 Å². The summed E-state index contributed by atoms with van der Waals surface area (Å²) >= 11 is 3.25. The van der Waals surface area contributed by atoms with E-state index in [9.17, 15) is 9.50 Å². The maximum atomic E-state index is 12.7. The lowest BCUT2D eigenvalue weighted by Gasteiger charge is -2.45. The van der Waals surface area contributed by atoms with Gasteiger partial charge >= 0.3 is 0 Å². The fourth-order valence-corrected chi connectivity index (χ4v) is 2.16. The third-order valence-electron chi connectivity index (χ3n) is 2.42. The van der Waals surface area contributed by atoms with Crippen LogP contribution in [0.1, 0.15) is 12.5 Å². The zero-order valence-corrected chi connectivity index (χ0v) is 9.96. The van der Waals surface area contributed by atoms with Gasteiger partial charge in [0.2, 0.25) is 0 Å². The summed E-state index contributed by atoms with van der Waals surface area (Å²) in [4.78, 5) is 6.04. The van der Waals surface area contributed by atoms with Crippen molar-refractivity contribution < 1.29 is 9.50 Å². The summed E-state index contributed by atoms with van der Waals surface area (Å²) in [7, 11) is 0. The maximum Gasteiger partial charge on any atom is 0.134 e. The van der Waals surface area contributed by atoms with E-state index in [0.29, 0.717) is 24.5 Å². The second kappa shape index (κ2) is 3.72. The lowest BCUT2D eigenvalue weighted by atomic mass is 9.96. The monoisotopic (exact) mass is 274 g/mol. The molecule has 1 aliphatic heterocycles. The molecule has 0 bridgehead atoms. The Morgan fingerprint density at radius 3 is 2.87 bits per heavy atom. The first kappa shape index (κ1) is 10.8. The van der Waals surface area contributed by atoms with Crippen LogP contribution in [0.25, 0.3) is 0 Å². The number of halogens is 2. The van der Waals surface area contributed by atoms with Crippen LogP contribution in [-0.4, -0.2) is 28.8 Å². The van der Waals surface area contributed by atoms with Crippen LogP contribution < -0.4 is 4.90 Å². The van der Waals surface area contributed by atoms with Gasteiger partial charge in [-0.1, -0.05) is 0 Å². The molecule has 1 saturated heterocycles. The van der Waals surface area contributed by atoms with Gasteiger partial charge in [0.15, 0.2) is 0 Å².